The third-order valence-corrected chi connectivity index (χ3v) is 7.86. The van der Waals surface area contributed by atoms with Gasteiger partial charge in [-0.1, -0.05) is 49.7 Å². The van der Waals surface area contributed by atoms with E-state index in [0.29, 0.717) is 5.92 Å². The lowest BCUT2D eigenvalue weighted by Gasteiger charge is -2.31. The lowest BCUT2D eigenvalue weighted by Crippen LogP contribution is -2.37. The number of nitrogens with one attached hydrogen (secondary N) is 2. The van der Waals surface area contributed by atoms with Crippen LogP contribution in [-0.2, 0) is 9.59 Å². The van der Waals surface area contributed by atoms with Gasteiger partial charge in [-0.3, -0.25) is 19.1 Å². The highest BCUT2D eigenvalue weighted by molar-refractivity contribution is 8.00. The first-order valence-corrected chi connectivity index (χ1v) is 13.4. The molecule has 3 aromatic rings. The van der Waals surface area contributed by atoms with Crippen molar-refractivity contribution in [2.24, 2.45) is 5.92 Å². The molecule has 2 N–H and O–H groups in total. The molecule has 0 saturated heterocycles. The van der Waals surface area contributed by atoms with Crippen LogP contribution in [0.2, 0.25) is 0 Å². The summed E-state index contributed by atoms with van der Waals surface area (Å²) < 4.78 is 2.20. The summed E-state index contributed by atoms with van der Waals surface area (Å²) in [5, 5.41) is 14.9. The number of hydrogen-bond donors (Lipinski definition) is 2. The van der Waals surface area contributed by atoms with Crippen molar-refractivity contribution < 1.29 is 9.59 Å². The molecule has 0 spiro atoms. The topological polar surface area (TPSA) is 102 Å². The Hall–Kier alpha value is -3.20. The van der Waals surface area contributed by atoms with Gasteiger partial charge in [0.15, 0.2) is 11.0 Å². The van der Waals surface area contributed by atoms with Gasteiger partial charge >= 0.3 is 0 Å². The van der Waals surface area contributed by atoms with Gasteiger partial charge in [0.2, 0.25) is 11.8 Å². The maximum atomic E-state index is 12.9. The van der Waals surface area contributed by atoms with Crippen LogP contribution in [0.4, 0.5) is 5.69 Å². The highest BCUT2D eigenvalue weighted by Gasteiger charge is 2.30. The minimum absolute atomic E-state index is 0.0925. The number of rotatable bonds is 8. The number of amides is 2. The van der Waals surface area contributed by atoms with Crippen molar-refractivity contribution in [2.45, 2.75) is 69.8 Å². The van der Waals surface area contributed by atoms with Gasteiger partial charge in [-0.15, -0.1) is 10.2 Å². The number of thioether (sulfide) groups is 1. The number of carbonyl (C=O) groups excluding carboxylic acids is 2. The summed E-state index contributed by atoms with van der Waals surface area (Å²) >= 11 is 1.38. The lowest BCUT2D eigenvalue weighted by molar-refractivity contribution is -0.123. The van der Waals surface area contributed by atoms with E-state index in [1.807, 2.05) is 51.1 Å². The van der Waals surface area contributed by atoms with Crippen LogP contribution in [-0.4, -0.2) is 43.4 Å². The summed E-state index contributed by atoms with van der Waals surface area (Å²) in [6, 6.07) is 10.00. The molecule has 0 unspecified atom stereocenters. The van der Waals surface area contributed by atoms with E-state index in [-0.39, 0.29) is 24.4 Å². The third-order valence-electron chi connectivity index (χ3n) is 6.80. The number of nitrogens with zero attached hydrogens (tertiary/aromatic N) is 4. The SMILES string of the molecule is Cc1cccc(C)c1NC(=O)CNC(=O)[C@H](C)Sc1nnc(-c2cccnc2)n1[C@@H]1CCCC[C@@H]1C. The van der Waals surface area contributed by atoms with E-state index in [9.17, 15) is 9.59 Å². The summed E-state index contributed by atoms with van der Waals surface area (Å²) in [6.45, 7) is 7.91. The molecule has 2 heterocycles. The number of anilines is 1. The van der Waals surface area contributed by atoms with E-state index in [2.05, 4.69) is 37.3 Å². The molecular formula is C27H34N6O2S. The molecule has 2 amide bonds. The largest absolute Gasteiger partial charge is 0.346 e. The first-order chi connectivity index (χ1) is 17.3. The van der Waals surface area contributed by atoms with Crippen molar-refractivity contribution in [2.75, 3.05) is 11.9 Å². The zero-order valence-electron chi connectivity index (χ0n) is 21.3. The van der Waals surface area contributed by atoms with Crippen LogP contribution < -0.4 is 10.6 Å². The molecule has 0 bridgehead atoms. The van der Waals surface area contributed by atoms with Gasteiger partial charge in [-0.25, -0.2) is 0 Å². The van der Waals surface area contributed by atoms with E-state index < -0.39 is 5.25 Å². The highest BCUT2D eigenvalue weighted by Crippen LogP contribution is 2.39. The Bertz CT molecular complexity index is 1190. The van der Waals surface area contributed by atoms with Crippen LogP contribution in [0.15, 0.2) is 47.9 Å². The van der Waals surface area contributed by atoms with E-state index in [1.165, 1.54) is 18.2 Å². The Morgan fingerprint density at radius 2 is 1.86 bits per heavy atom. The maximum absolute atomic E-state index is 12.9. The molecule has 190 valence electrons. The van der Waals surface area contributed by atoms with Crippen LogP contribution in [0, 0.1) is 19.8 Å². The van der Waals surface area contributed by atoms with E-state index >= 15 is 0 Å². The number of aryl methyl sites for hydroxylation is 2. The van der Waals surface area contributed by atoms with Gasteiger partial charge < -0.3 is 10.6 Å². The van der Waals surface area contributed by atoms with Crippen LogP contribution >= 0.6 is 11.8 Å². The molecule has 0 radical (unpaired) electrons. The number of carbonyl (C=O) groups is 2. The van der Waals surface area contributed by atoms with Crippen LogP contribution in [0.25, 0.3) is 11.4 Å². The smallest absolute Gasteiger partial charge is 0.243 e. The summed E-state index contributed by atoms with van der Waals surface area (Å²) in [6.07, 6.45) is 8.15. The Kier molecular flexibility index (Phi) is 8.40. The van der Waals surface area contributed by atoms with Gasteiger partial charge in [-0.2, -0.15) is 0 Å². The standard InChI is InChI=1S/C27H34N6O2S/c1-17-9-5-6-13-22(17)33-25(21-12-8-14-28-15-21)31-32-27(33)36-20(4)26(35)29-16-23(34)30-24-18(2)10-7-11-19(24)3/h7-8,10-12,14-15,17,20,22H,5-6,9,13,16H2,1-4H3,(H,29,35)(H,30,34)/t17-,20-,22+/m0/s1. The third kappa shape index (κ3) is 5.95. The monoisotopic (exact) mass is 506 g/mol. The zero-order chi connectivity index (χ0) is 25.7. The zero-order valence-corrected chi connectivity index (χ0v) is 22.1. The average molecular weight is 507 g/mol. The quantitative estimate of drug-likeness (QED) is 0.420. The predicted octanol–water partition coefficient (Wildman–Crippen LogP) is 4.94. The number of aromatic nitrogens is 4. The molecule has 4 rings (SSSR count). The molecule has 0 aliphatic heterocycles. The molecular weight excluding hydrogens is 472 g/mol. The Balaban J connectivity index is 1.45. The number of hydrogen-bond acceptors (Lipinski definition) is 6. The van der Waals surface area contributed by atoms with Crippen LogP contribution in [0.3, 0.4) is 0 Å². The predicted molar refractivity (Wildman–Crippen MR) is 143 cm³/mol. The first kappa shape index (κ1) is 25.9. The molecule has 8 nitrogen and oxygen atoms in total. The molecule has 3 atom stereocenters. The summed E-state index contributed by atoms with van der Waals surface area (Å²) in [7, 11) is 0. The van der Waals surface area contributed by atoms with Crippen molar-refractivity contribution in [1.82, 2.24) is 25.1 Å². The molecule has 9 heteroatoms. The van der Waals surface area contributed by atoms with Crippen molar-refractivity contribution in [3.63, 3.8) is 0 Å². The van der Waals surface area contributed by atoms with Crippen LogP contribution in [0.5, 0.6) is 0 Å². The second-order valence-corrected chi connectivity index (χ2v) is 10.8. The van der Waals surface area contributed by atoms with Crippen molar-refractivity contribution in [1.29, 1.82) is 0 Å². The van der Waals surface area contributed by atoms with Gasteiger partial charge in [-0.05, 0) is 62.8 Å². The molecule has 1 fully saturated rings. The van der Waals surface area contributed by atoms with Crippen molar-refractivity contribution >= 4 is 29.3 Å². The Morgan fingerprint density at radius 3 is 2.56 bits per heavy atom. The molecule has 36 heavy (non-hydrogen) atoms. The highest BCUT2D eigenvalue weighted by atomic mass is 32.2. The molecule has 2 aromatic heterocycles. The van der Waals surface area contributed by atoms with Crippen LogP contribution in [0.1, 0.15) is 56.7 Å². The van der Waals surface area contributed by atoms with E-state index in [0.717, 1.165) is 52.6 Å². The second kappa shape index (κ2) is 11.7. The van der Waals surface area contributed by atoms with Gasteiger partial charge in [0, 0.05) is 29.7 Å². The first-order valence-electron chi connectivity index (χ1n) is 12.5. The average Bonchev–Trinajstić information content (AvgIpc) is 3.28. The summed E-state index contributed by atoms with van der Waals surface area (Å²) in [5.74, 6) is 0.800. The summed E-state index contributed by atoms with van der Waals surface area (Å²) in [4.78, 5) is 29.6. The molecule has 1 aliphatic carbocycles. The fourth-order valence-corrected chi connectivity index (χ4v) is 5.68. The molecule has 1 aliphatic rings. The van der Waals surface area contributed by atoms with Gasteiger partial charge in [0.1, 0.15) is 0 Å². The molecule has 1 aromatic carbocycles. The maximum Gasteiger partial charge on any atom is 0.243 e. The minimum Gasteiger partial charge on any atom is -0.346 e. The lowest BCUT2D eigenvalue weighted by atomic mass is 9.85. The molecule has 1 saturated carbocycles. The fraction of sp³-hybridized carbons (Fsp3) is 0.444. The van der Waals surface area contributed by atoms with Crippen molar-refractivity contribution in [3.05, 3.63) is 53.9 Å². The number of benzene rings is 1. The number of para-hydroxylation sites is 1. The normalized spacial score (nSPS) is 18.4. The Morgan fingerprint density at radius 1 is 1.11 bits per heavy atom. The number of pyridine rings is 1. The van der Waals surface area contributed by atoms with Gasteiger partial charge in [0.05, 0.1) is 11.8 Å². The van der Waals surface area contributed by atoms with Gasteiger partial charge in [0.25, 0.3) is 0 Å². The van der Waals surface area contributed by atoms with E-state index in [4.69, 9.17) is 0 Å². The van der Waals surface area contributed by atoms with Crippen molar-refractivity contribution in [3.8, 4) is 11.4 Å². The van der Waals surface area contributed by atoms with E-state index in [1.54, 1.807) is 12.4 Å². The second-order valence-electron chi connectivity index (χ2n) is 9.54. The Labute approximate surface area is 216 Å². The summed E-state index contributed by atoms with van der Waals surface area (Å²) in [5.41, 5.74) is 3.67. The fourth-order valence-electron chi connectivity index (χ4n) is 4.75. The minimum atomic E-state index is -0.443.